The third kappa shape index (κ3) is 4.33. The summed E-state index contributed by atoms with van der Waals surface area (Å²) < 4.78 is 24.8. The fourth-order valence-electron chi connectivity index (χ4n) is 1.53. The Morgan fingerprint density at radius 1 is 1.26 bits per heavy atom. The van der Waals surface area contributed by atoms with Crippen molar-refractivity contribution in [1.82, 2.24) is 0 Å². The van der Waals surface area contributed by atoms with E-state index in [4.69, 9.17) is 0 Å². The average Bonchev–Trinajstić information content (AvgIpc) is 2.83. The first kappa shape index (κ1) is 14.0. The number of thiophene rings is 1. The number of hydrogen-bond donors (Lipinski definition) is 1. The molecule has 1 amide bonds. The molecule has 0 bridgehead atoms. The van der Waals surface area contributed by atoms with Crippen LogP contribution in [0, 0.1) is 0 Å². The normalized spacial score (nSPS) is 10.7. The quantitative estimate of drug-likeness (QED) is 0.837. The number of carbonyl (C=O) groups is 1. The third-order valence-electron chi connectivity index (χ3n) is 2.29. The van der Waals surface area contributed by atoms with E-state index in [1.807, 2.05) is 17.5 Å². The second-order valence-corrected chi connectivity index (χ2v) is 5.74. The van der Waals surface area contributed by atoms with Gasteiger partial charge in [-0.3, -0.25) is 4.79 Å². The molecule has 19 heavy (non-hydrogen) atoms. The maximum atomic E-state index is 12.4. The van der Waals surface area contributed by atoms with Crippen LogP contribution in [0.5, 0.6) is 0 Å². The summed E-state index contributed by atoms with van der Waals surface area (Å²) in [6, 6.07) is 10.3. The zero-order valence-corrected chi connectivity index (χ0v) is 11.4. The Kier molecular flexibility index (Phi) is 4.93. The van der Waals surface area contributed by atoms with Crippen LogP contribution in [0.15, 0.2) is 46.7 Å². The van der Waals surface area contributed by atoms with E-state index in [1.165, 1.54) is 11.3 Å². The predicted molar refractivity (Wildman–Crippen MR) is 75.0 cm³/mol. The van der Waals surface area contributed by atoms with Gasteiger partial charge in [-0.2, -0.15) is 8.78 Å². The monoisotopic (exact) mass is 299 g/mol. The predicted octanol–water partition coefficient (Wildman–Crippen LogP) is 4.24. The number of halogens is 2. The highest BCUT2D eigenvalue weighted by atomic mass is 32.2. The van der Waals surface area contributed by atoms with E-state index in [1.54, 1.807) is 24.3 Å². The molecule has 0 radical (unpaired) electrons. The van der Waals surface area contributed by atoms with Crippen molar-refractivity contribution < 1.29 is 13.6 Å². The molecule has 0 saturated carbocycles. The molecular weight excluding hydrogens is 288 g/mol. The summed E-state index contributed by atoms with van der Waals surface area (Å²) in [6.07, 6.45) is 0.255. The SMILES string of the molecule is O=C(Cc1cccs1)Nc1ccccc1SC(F)F. The van der Waals surface area contributed by atoms with Gasteiger partial charge in [0, 0.05) is 9.77 Å². The van der Waals surface area contributed by atoms with Crippen molar-refractivity contribution in [3.05, 3.63) is 46.7 Å². The molecule has 0 atom stereocenters. The summed E-state index contributed by atoms with van der Waals surface area (Å²) in [6.45, 7) is 0. The minimum Gasteiger partial charge on any atom is -0.325 e. The van der Waals surface area contributed by atoms with Gasteiger partial charge >= 0.3 is 0 Å². The van der Waals surface area contributed by atoms with Crippen LogP contribution in [0.2, 0.25) is 0 Å². The maximum absolute atomic E-state index is 12.4. The van der Waals surface area contributed by atoms with Crippen LogP contribution in [0.4, 0.5) is 14.5 Å². The van der Waals surface area contributed by atoms with Crippen molar-refractivity contribution in [2.75, 3.05) is 5.32 Å². The highest BCUT2D eigenvalue weighted by Crippen LogP contribution is 2.31. The number of carbonyl (C=O) groups excluding carboxylic acids is 1. The van der Waals surface area contributed by atoms with Crippen molar-refractivity contribution in [3.63, 3.8) is 0 Å². The fraction of sp³-hybridized carbons (Fsp3) is 0.154. The zero-order valence-electron chi connectivity index (χ0n) is 9.81. The Balaban J connectivity index is 2.04. The minimum atomic E-state index is -2.50. The Morgan fingerprint density at radius 2 is 2.05 bits per heavy atom. The smallest absolute Gasteiger partial charge is 0.288 e. The van der Waals surface area contributed by atoms with Crippen molar-refractivity contribution in [2.24, 2.45) is 0 Å². The van der Waals surface area contributed by atoms with Gasteiger partial charge in [0.15, 0.2) is 0 Å². The molecule has 2 rings (SSSR count). The Hall–Kier alpha value is -1.40. The van der Waals surface area contributed by atoms with Gasteiger partial charge in [-0.25, -0.2) is 0 Å². The number of thioether (sulfide) groups is 1. The molecule has 0 spiro atoms. The summed E-state index contributed by atoms with van der Waals surface area (Å²) >= 11 is 1.92. The summed E-state index contributed by atoms with van der Waals surface area (Å²) in [4.78, 5) is 13.1. The minimum absolute atomic E-state index is 0.204. The number of anilines is 1. The topological polar surface area (TPSA) is 29.1 Å². The molecule has 6 heteroatoms. The highest BCUT2D eigenvalue weighted by Gasteiger charge is 2.12. The van der Waals surface area contributed by atoms with Crippen LogP contribution < -0.4 is 5.32 Å². The number of para-hydroxylation sites is 1. The molecule has 1 N–H and O–H groups in total. The first-order valence-corrected chi connectivity index (χ1v) is 7.27. The number of rotatable bonds is 5. The van der Waals surface area contributed by atoms with E-state index >= 15 is 0 Å². The molecule has 0 saturated heterocycles. The van der Waals surface area contributed by atoms with Crippen LogP contribution >= 0.6 is 23.1 Å². The van der Waals surface area contributed by atoms with Gasteiger partial charge in [0.1, 0.15) is 0 Å². The van der Waals surface area contributed by atoms with Gasteiger partial charge in [0.25, 0.3) is 5.76 Å². The largest absolute Gasteiger partial charge is 0.325 e. The Morgan fingerprint density at radius 3 is 2.74 bits per heavy atom. The zero-order chi connectivity index (χ0) is 13.7. The fourth-order valence-corrected chi connectivity index (χ4v) is 2.83. The van der Waals surface area contributed by atoms with E-state index in [9.17, 15) is 13.6 Å². The molecule has 0 aliphatic carbocycles. The van der Waals surface area contributed by atoms with Gasteiger partial charge in [-0.1, -0.05) is 30.0 Å². The van der Waals surface area contributed by atoms with Gasteiger partial charge < -0.3 is 5.32 Å². The molecule has 0 unspecified atom stereocenters. The van der Waals surface area contributed by atoms with E-state index in [0.29, 0.717) is 22.3 Å². The summed E-state index contributed by atoms with van der Waals surface area (Å²) in [5, 5.41) is 4.56. The van der Waals surface area contributed by atoms with Crippen molar-refractivity contribution in [2.45, 2.75) is 17.1 Å². The van der Waals surface area contributed by atoms with Crippen LogP contribution in [-0.4, -0.2) is 11.7 Å². The molecule has 2 nitrogen and oxygen atoms in total. The van der Waals surface area contributed by atoms with E-state index in [0.717, 1.165) is 4.88 Å². The number of alkyl halides is 2. The van der Waals surface area contributed by atoms with E-state index in [2.05, 4.69) is 5.32 Å². The van der Waals surface area contributed by atoms with Crippen molar-refractivity contribution in [3.8, 4) is 0 Å². The second-order valence-electron chi connectivity index (χ2n) is 3.68. The molecule has 1 aromatic heterocycles. The van der Waals surface area contributed by atoms with E-state index in [-0.39, 0.29) is 12.3 Å². The van der Waals surface area contributed by atoms with Crippen LogP contribution in [0.25, 0.3) is 0 Å². The molecule has 1 aromatic carbocycles. The Labute approximate surface area is 117 Å². The molecule has 1 heterocycles. The van der Waals surface area contributed by atoms with Gasteiger partial charge in [0.05, 0.1) is 12.1 Å². The number of benzene rings is 1. The summed E-state index contributed by atoms with van der Waals surface area (Å²) in [5.74, 6) is -2.71. The third-order valence-corrected chi connectivity index (χ3v) is 3.96. The van der Waals surface area contributed by atoms with Gasteiger partial charge in [-0.15, -0.1) is 11.3 Å². The van der Waals surface area contributed by atoms with Crippen LogP contribution in [0.3, 0.4) is 0 Å². The van der Waals surface area contributed by atoms with Crippen LogP contribution in [-0.2, 0) is 11.2 Å². The number of nitrogens with one attached hydrogen (secondary N) is 1. The molecule has 100 valence electrons. The van der Waals surface area contributed by atoms with Crippen molar-refractivity contribution in [1.29, 1.82) is 0 Å². The maximum Gasteiger partial charge on any atom is 0.288 e. The summed E-state index contributed by atoms with van der Waals surface area (Å²) in [5.41, 5.74) is 0.425. The van der Waals surface area contributed by atoms with E-state index < -0.39 is 5.76 Å². The molecule has 0 fully saturated rings. The van der Waals surface area contributed by atoms with Gasteiger partial charge in [0.2, 0.25) is 5.91 Å². The lowest BCUT2D eigenvalue weighted by molar-refractivity contribution is -0.115. The average molecular weight is 299 g/mol. The second kappa shape index (κ2) is 6.68. The molecule has 2 aromatic rings. The van der Waals surface area contributed by atoms with Gasteiger partial charge in [-0.05, 0) is 23.6 Å². The molecular formula is C13H11F2NOS2. The molecule has 0 aliphatic rings. The number of hydrogen-bond acceptors (Lipinski definition) is 3. The lowest BCUT2D eigenvalue weighted by atomic mass is 10.3. The summed E-state index contributed by atoms with van der Waals surface area (Å²) in [7, 11) is 0. The lowest BCUT2D eigenvalue weighted by Gasteiger charge is -2.09. The highest BCUT2D eigenvalue weighted by molar-refractivity contribution is 7.99. The lowest BCUT2D eigenvalue weighted by Crippen LogP contribution is -2.14. The molecule has 0 aliphatic heterocycles. The van der Waals surface area contributed by atoms with Crippen molar-refractivity contribution >= 4 is 34.7 Å². The van der Waals surface area contributed by atoms with Crippen LogP contribution in [0.1, 0.15) is 4.88 Å². The first-order valence-electron chi connectivity index (χ1n) is 5.51. The Bertz CT molecular complexity index is 543. The number of amides is 1. The first-order chi connectivity index (χ1) is 9.15. The standard InChI is InChI=1S/C13H11F2NOS2/c14-13(15)19-11-6-2-1-5-10(11)16-12(17)8-9-4-3-7-18-9/h1-7,13H,8H2,(H,16,17).